The van der Waals surface area contributed by atoms with E-state index in [-0.39, 0.29) is 18.0 Å². The Bertz CT molecular complexity index is 982. The van der Waals surface area contributed by atoms with Crippen LogP contribution >= 0.6 is 23.9 Å². The van der Waals surface area contributed by atoms with E-state index >= 15 is 0 Å². The van der Waals surface area contributed by atoms with Gasteiger partial charge in [-0.3, -0.25) is 4.98 Å². The number of hydrogen-bond acceptors (Lipinski definition) is 8. The molecule has 0 radical (unpaired) electrons. The highest BCUT2D eigenvalue weighted by atomic mass is 35.5. The summed E-state index contributed by atoms with van der Waals surface area (Å²) in [5.74, 6) is 0.934. The molecule has 7 nitrogen and oxygen atoms in total. The molecule has 3 aromatic heterocycles. The zero-order chi connectivity index (χ0) is 19.0. The molecule has 0 saturated carbocycles. The topological polar surface area (TPSA) is 78.9 Å². The minimum atomic E-state index is -2.57. The third-order valence-corrected chi connectivity index (χ3v) is 5.03. The second-order valence-electron chi connectivity index (χ2n) is 6.13. The van der Waals surface area contributed by atoms with Crippen molar-refractivity contribution >= 4 is 46.3 Å². The molecule has 0 fully saturated rings. The van der Waals surface area contributed by atoms with Gasteiger partial charge in [0, 0.05) is 43.9 Å². The summed E-state index contributed by atoms with van der Waals surface area (Å²) in [6, 6.07) is 3.37. The Kier molecular flexibility index (Phi) is 5.90. The maximum absolute atomic E-state index is 12.8. The third kappa shape index (κ3) is 3.83. The predicted molar refractivity (Wildman–Crippen MR) is 109 cm³/mol. The van der Waals surface area contributed by atoms with E-state index in [9.17, 15) is 8.78 Å². The summed E-state index contributed by atoms with van der Waals surface area (Å²) < 4.78 is 30.0. The summed E-state index contributed by atoms with van der Waals surface area (Å²) in [5, 5.41) is 6.40. The number of hydrogen-bond donors (Lipinski definition) is 2. The third-order valence-electron chi connectivity index (χ3n) is 4.40. The number of fused-ring (bicyclic) bond motifs is 1. The van der Waals surface area contributed by atoms with Crippen LogP contribution in [-0.2, 0) is 6.42 Å². The van der Waals surface area contributed by atoms with Gasteiger partial charge >= 0.3 is 0 Å². The van der Waals surface area contributed by atoms with Gasteiger partial charge in [-0.2, -0.15) is 9.36 Å². The fourth-order valence-electron chi connectivity index (χ4n) is 2.93. The van der Waals surface area contributed by atoms with Gasteiger partial charge in [-0.15, -0.1) is 12.4 Å². The number of alkyl halides is 2. The molecule has 0 unspecified atom stereocenters. The monoisotopic (exact) mass is 425 g/mol. The SMILES string of the molecule is CNc1cc(C(F)F)cnc1Nc1nc(-c2cc3c(cn2)N(C)CC3)ns1.Cl. The molecule has 1 aliphatic rings. The molecule has 0 amide bonds. The Balaban J connectivity index is 0.00000225. The van der Waals surface area contributed by atoms with Gasteiger partial charge in [0.2, 0.25) is 5.13 Å². The van der Waals surface area contributed by atoms with Crippen LogP contribution < -0.4 is 15.5 Å². The zero-order valence-electron chi connectivity index (χ0n) is 15.1. The summed E-state index contributed by atoms with van der Waals surface area (Å²) in [5.41, 5.74) is 3.39. The van der Waals surface area contributed by atoms with Gasteiger partial charge in [0.1, 0.15) is 5.69 Å². The maximum atomic E-state index is 12.8. The van der Waals surface area contributed by atoms with Crippen LogP contribution in [0.15, 0.2) is 24.5 Å². The van der Waals surface area contributed by atoms with Crippen LogP contribution in [0.25, 0.3) is 11.5 Å². The molecular weight excluding hydrogens is 408 g/mol. The number of nitrogens with one attached hydrogen (secondary N) is 2. The van der Waals surface area contributed by atoms with Crippen molar-refractivity contribution in [1.29, 1.82) is 0 Å². The van der Waals surface area contributed by atoms with E-state index in [2.05, 4.69) is 34.9 Å². The molecular formula is C17H18ClF2N7S. The van der Waals surface area contributed by atoms with E-state index in [0.717, 1.165) is 36.4 Å². The second kappa shape index (κ2) is 8.19. The van der Waals surface area contributed by atoms with Gasteiger partial charge in [-0.25, -0.2) is 13.8 Å². The highest BCUT2D eigenvalue weighted by Crippen LogP contribution is 2.31. The van der Waals surface area contributed by atoms with Crippen molar-refractivity contribution in [1.82, 2.24) is 19.3 Å². The number of halogens is 3. The molecule has 0 aliphatic carbocycles. The van der Waals surface area contributed by atoms with Crippen LogP contribution in [0.3, 0.4) is 0 Å². The first kappa shape index (κ1) is 20.2. The average molecular weight is 426 g/mol. The summed E-state index contributed by atoms with van der Waals surface area (Å²) in [6.45, 7) is 0.977. The largest absolute Gasteiger partial charge is 0.385 e. The standard InChI is InChI=1S/C17H17F2N7S.ClH/c1-20-11-6-10(14(18)19)7-22-15(11)23-17-24-16(25-27-17)12-5-9-3-4-26(2)13(9)8-21-12;/h5-8,14,20H,3-4H2,1-2H3,(H,22,23,24,25);1H. The van der Waals surface area contributed by atoms with Crippen LogP contribution in [0.4, 0.5) is 31.1 Å². The van der Waals surface area contributed by atoms with Crippen LogP contribution in [-0.4, -0.2) is 40.0 Å². The lowest BCUT2D eigenvalue weighted by Crippen LogP contribution is -2.12. The normalized spacial score (nSPS) is 12.7. The van der Waals surface area contributed by atoms with E-state index in [0.29, 0.717) is 28.2 Å². The molecule has 0 bridgehead atoms. The number of aromatic nitrogens is 4. The number of likely N-dealkylation sites (N-methyl/N-ethyl adjacent to an activating group) is 1. The molecule has 3 aromatic rings. The minimum Gasteiger partial charge on any atom is -0.385 e. The molecule has 0 atom stereocenters. The second-order valence-corrected chi connectivity index (χ2v) is 6.89. The minimum absolute atomic E-state index is 0. The first-order valence-electron chi connectivity index (χ1n) is 8.32. The summed E-state index contributed by atoms with van der Waals surface area (Å²) in [7, 11) is 3.69. The summed E-state index contributed by atoms with van der Waals surface area (Å²) >= 11 is 1.16. The Morgan fingerprint density at radius 2 is 2.04 bits per heavy atom. The van der Waals surface area contributed by atoms with E-state index < -0.39 is 6.43 Å². The van der Waals surface area contributed by atoms with Gasteiger partial charge in [-0.05, 0) is 24.1 Å². The summed E-state index contributed by atoms with van der Waals surface area (Å²) in [4.78, 5) is 15.2. The predicted octanol–water partition coefficient (Wildman–Crippen LogP) is 4.13. The van der Waals surface area contributed by atoms with Crippen molar-refractivity contribution in [2.24, 2.45) is 0 Å². The number of anilines is 4. The molecule has 0 spiro atoms. The smallest absolute Gasteiger partial charge is 0.265 e. The first-order valence-corrected chi connectivity index (χ1v) is 9.09. The Hall–Kier alpha value is -2.59. The lowest BCUT2D eigenvalue weighted by molar-refractivity contribution is 0.151. The van der Waals surface area contributed by atoms with E-state index in [4.69, 9.17) is 0 Å². The lowest BCUT2D eigenvalue weighted by atomic mass is 10.2. The van der Waals surface area contributed by atoms with Crippen molar-refractivity contribution in [3.63, 3.8) is 0 Å². The molecule has 28 heavy (non-hydrogen) atoms. The Morgan fingerprint density at radius 3 is 2.79 bits per heavy atom. The fourth-order valence-corrected chi connectivity index (χ4v) is 3.51. The fraction of sp³-hybridized carbons (Fsp3) is 0.294. The number of nitrogens with zero attached hydrogens (tertiary/aromatic N) is 5. The molecule has 0 aromatic carbocycles. The Morgan fingerprint density at radius 1 is 1.21 bits per heavy atom. The number of rotatable bonds is 5. The Labute approximate surface area is 170 Å². The van der Waals surface area contributed by atoms with Crippen LogP contribution in [0, 0.1) is 0 Å². The molecule has 148 valence electrons. The molecule has 0 saturated heterocycles. The van der Waals surface area contributed by atoms with Crippen molar-refractivity contribution in [2.45, 2.75) is 12.8 Å². The van der Waals surface area contributed by atoms with Crippen LogP contribution in [0.2, 0.25) is 0 Å². The van der Waals surface area contributed by atoms with Crippen LogP contribution in [0.1, 0.15) is 17.6 Å². The van der Waals surface area contributed by atoms with E-state index in [1.54, 1.807) is 7.05 Å². The molecule has 2 N–H and O–H groups in total. The van der Waals surface area contributed by atoms with Crippen molar-refractivity contribution < 1.29 is 8.78 Å². The number of pyridine rings is 2. The summed E-state index contributed by atoms with van der Waals surface area (Å²) in [6.07, 6.45) is 1.39. The van der Waals surface area contributed by atoms with Gasteiger partial charge in [-0.1, -0.05) is 0 Å². The van der Waals surface area contributed by atoms with Crippen molar-refractivity contribution in [3.8, 4) is 11.5 Å². The molecule has 4 rings (SSSR count). The van der Waals surface area contributed by atoms with E-state index in [1.807, 2.05) is 19.3 Å². The average Bonchev–Trinajstić information content (AvgIpc) is 3.28. The van der Waals surface area contributed by atoms with Gasteiger partial charge in [0.05, 0.1) is 17.6 Å². The van der Waals surface area contributed by atoms with E-state index in [1.165, 1.54) is 11.6 Å². The van der Waals surface area contributed by atoms with Gasteiger partial charge in [0.25, 0.3) is 6.43 Å². The quantitative estimate of drug-likeness (QED) is 0.636. The molecule has 1 aliphatic heterocycles. The molecule has 11 heteroatoms. The zero-order valence-corrected chi connectivity index (χ0v) is 16.7. The van der Waals surface area contributed by atoms with Crippen molar-refractivity contribution in [3.05, 3.63) is 35.7 Å². The van der Waals surface area contributed by atoms with Crippen molar-refractivity contribution in [2.75, 3.05) is 36.2 Å². The lowest BCUT2D eigenvalue weighted by Gasteiger charge is -2.10. The molecule has 4 heterocycles. The van der Waals surface area contributed by atoms with Gasteiger partial charge < -0.3 is 15.5 Å². The first-order chi connectivity index (χ1) is 13.0. The van der Waals surface area contributed by atoms with Gasteiger partial charge in [0.15, 0.2) is 11.6 Å². The van der Waals surface area contributed by atoms with Crippen LogP contribution in [0.5, 0.6) is 0 Å². The highest BCUT2D eigenvalue weighted by Gasteiger charge is 2.19. The highest BCUT2D eigenvalue weighted by molar-refractivity contribution is 7.09. The maximum Gasteiger partial charge on any atom is 0.265 e.